The number of fused-ring (bicyclic) bond motifs is 1. The molecule has 4 rings (SSSR count). The Morgan fingerprint density at radius 1 is 1.36 bits per heavy atom. The summed E-state index contributed by atoms with van der Waals surface area (Å²) < 4.78 is 7.09. The van der Waals surface area contributed by atoms with Crippen LogP contribution in [0.25, 0.3) is 11.0 Å². The van der Waals surface area contributed by atoms with Crippen molar-refractivity contribution in [1.82, 2.24) is 29.8 Å². The smallest absolute Gasteiger partial charge is 0.255 e. The van der Waals surface area contributed by atoms with Gasteiger partial charge in [-0.25, -0.2) is 9.67 Å². The summed E-state index contributed by atoms with van der Waals surface area (Å²) in [4.78, 5) is 23.7. The van der Waals surface area contributed by atoms with Crippen LogP contribution < -0.4 is 0 Å². The zero-order valence-corrected chi connectivity index (χ0v) is 14.6. The van der Waals surface area contributed by atoms with Gasteiger partial charge in [0.15, 0.2) is 11.5 Å². The van der Waals surface area contributed by atoms with Gasteiger partial charge in [0, 0.05) is 25.0 Å². The highest BCUT2D eigenvalue weighted by Gasteiger charge is 2.32. The average Bonchev–Trinajstić information content (AvgIpc) is 3.32. The van der Waals surface area contributed by atoms with Gasteiger partial charge in [-0.2, -0.15) is 10.1 Å². The van der Waals surface area contributed by atoms with Crippen LogP contribution in [0.5, 0.6) is 0 Å². The van der Waals surface area contributed by atoms with Crippen LogP contribution in [0.4, 0.5) is 0 Å². The fourth-order valence-electron chi connectivity index (χ4n) is 3.34. The number of aryl methyl sites for hydroxylation is 3. The monoisotopic (exact) mass is 340 g/mol. The Bertz CT molecular complexity index is 944. The highest BCUT2D eigenvalue weighted by Crippen LogP contribution is 2.28. The van der Waals surface area contributed by atoms with Crippen molar-refractivity contribution in [1.29, 1.82) is 0 Å². The zero-order valence-electron chi connectivity index (χ0n) is 14.6. The number of likely N-dealkylation sites (tertiary alicyclic amines) is 1. The molecule has 0 unspecified atom stereocenters. The van der Waals surface area contributed by atoms with Crippen LogP contribution in [0, 0.1) is 13.8 Å². The molecule has 1 fully saturated rings. The van der Waals surface area contributed by atoms with Gasteiger partial charge < -0.3 is 9.42 Å². The van der Waals surface area contributed by atoms with E-state index < -0.39 is 0 Å². The molecule has 0 bridgehead atoms. The Hall–Kier alpha value is -2.77. The number of hydrogen-bond acceptors (Lipinski definition) is 6. The van der Waals surface area contributed by atoms with E-state index in [0.717, 1.165) is 29.7 Å². The molecule has 0 spiro atoms. The Balaban J connectivity index is 1.59. The maximum atomic E-state index is 13.0. The lowest BCUT2D eigenvalue weighted by Crippen LogP contribution is -2.29. The van der Waals surface area contributed by atoms with Crippen molar-refractivity contribution >= 4 is 16.9 Å². The maximum Gasteiger partial charge on any atom is 0.255 e. The Morgan fingerprint density at radius 2 is 2.20 bits per heavy atom. The SMILES string of the molecule is CCn1ncc2cc(C(=O)N3CC[C@@H](c4nc(C)no4)C3)c(C)nc21. The first-order valence-electron chi connectivity index (χ1n) is 8.49. The van der Waals surface area contributed by atoms with Crippen molar-refractivity contribution in [3.8, 4) is 0 Å². The molecule has 0 N–H and O–H groups in total. The largest absolute Gasteiger partial charge is 0.339 e. The standard InChI is InChI=1S/C17H20N6O2/c1-4-23-15-13(8-18-23)7-14(10(2)19-15)17(24)22-6-5-12(9-22)16-20-11(3)21-25-16/h7-8,12H,4-6,9H2,1-3H3/t12-/m1/s1. The lowest BCUT2D eigenvalue weighted by atomic mass is 10.1. The van der Waals surface area contributed by atoms with Gasteiger partial charge in [0.2, 0.25) is 5.89 Å². The van der Waals surface area contributed by atoms with Gasteiger partial charge >= 0.3 is 0 Å². The fraction of sp³-hybridized carbons (Fsp3) is 0.471. The third-order valence-electron chi connectivity index (χ3n) is 4.70. The third kappa shape index (κ3) is 2.67. The van der Waals surface area contributed by atoms with E-state index in [4.69, 9.17) is 4.52 Å². The molecule has 0 saturated carbocycles. The van der Waals surface area contributed by atoms with Crippen LogP contribution in [0.3, 0.4) is 0 Å². The molecule has 1 atom stereocenters. The number of hydrogen-bond donors (Lipinski definition) is 0. The number of nitrogens with zero attached hydrogens (tertiary/aromatic N) is 6. The molecule has 1 amide bonds. The third-order valence-corrected chi connectivity index (χ3v) is 4.70. The molecular weight excluding hydrogens is 320 g/mol. The first kappa shape index (κ1) is 15.7. The van der Waals surface area contributed by atoms with Gasteiger partial charge in [0.25, 0.3) is 5.91 Å². The molecule has 3 aromatic heterocycles. The first-order valence-corrected chi connectivity index (χ1v) is 8.49. The molecule has 0 aromatic carbocycles. The van der Waals surface area contributed by atoms with Crippen LogP contribution in [-0.4, -0.2) is 48.8 Å². The van der Waals surface area contributed by atoms with E-state index >= 15 is 0 Å². The van der Waals surface area contributed by atoms with Crippen molar-refractivity contribution < 1.29 is 9.32 Å². The van der Waals surface area contributed by atoms with Crippen LogP contribution in [-0.2, 0) is 6.54 Å². The van der Waals surface area contributed by atoms with Crippen molar-refractivity contribution in [2.75, 3.05) is 13.1 Å². The number of amides is 1. The molecule has 1 saturated heterocycles. The lowest BCUT2D eigenvalue weighted by molar-refractivity contribution is 0.0788. The van der Waals surface area contributed by atoms with Crippen LogP contribution in [0.15, 0.2) is 16.8 Å². The first-order chi connectivity index (χ1) is 12.1. The number of carbonyl (C=O) groups excluding carboxylic acids is 1. The normalized spacial score (nSPS) is 17.6. The summed E-state index contributed by atoms with van der Waals surface area (Å²) in [6.07, 6.45) is 2.59. The fourth-order valence-corrected chi connectivity index (χ4v) is 3.34. The molecule has 0 radical (unpaired) electrons. The van der Waals surface area contributed by atoms with Gasteiger partial charge in [-0.1, -0.05) is 5.16 Å². The van der Waals surface area contributed by atoms with E-state index in [9.17, 15) is 4.79 Å². The number of aromatic nitrogens is 5. The van der Waals surface area contributed by atoms with Crippen LogP contribution in [0.2, 0.25) is 0 Å². The number of rotatable bonds is 3. The highest BCUT2D eigenvalue weighted by atomic mass is 16.5. The summed E-state index contributed by atoms with van der Waals surface area (Å²) in [5, 5.41) is 9.04. The second-order valence-electron chi connectivity index (χ2n) is 6.41. The van der Waals surface area contributed by atoms with Crippen molar-refractivity contribution in [2.24, 2.45) is 0 Å². The average molecular weight is 340 g/mol. The van der Waals surface area contributed by atoms with Gasteiger partial charge in [0.1, 0.15) is 0 Å². The maximum absolute atomic E-state index is 13.0. The summed E-state index contributed by atoms with van der Waals surface area (Å²) in [6.45, 7) is 7.70. The molecule has 130 valence electrons. The molecule has 3 aromatic rings. The molecule has 8 heteroatoms. The minimum atomic E-state index is -0.00474. The Morgan fingerprint density at radius 3 is 2.92 bits per heavy atom. The zero-order chi connectivity index (χ0) is 17.6. The van der Waals surface area contributed by atoms with E-state index in [2.05, 4.69) is 20.2 Å². The molecule has 8 nitrogen and oxygen atoms in total. The summed E-state index contributed by atoms with van der Waals surface area (Å²) in [5.41, 5.74) is 2.17. The van der Waals surface area contributed by atoms with Gasteiger partial charge in [-0.15, -0.1) is 0 Å². The predicted octanol–water partition coefficient (Wildman–Crippen LogP) is 2.08. The molecule has 1 aliphatic rings. The van der Waals surface area contributed by atoms with Crippen molar-refractivity contribution in [2.45, 2.75) is 39.7 Å². The van der Waals surface area contributed by atoms with Crippen molar-refractivity contribution in [3.05, 3.63) is 35.2 Å². The summed E-state index contributed by atoms with van der Waals surface area (Å²) in [6, 6.07) is 1.89. The second-order valence-corrected chi connectivity index (χ2v) is 6.41. The highest BCUT2D eigenvalue weighted by molar-refractivity contribution is 5.98. The summed E-state index contributed by atoms with van der Waals surface area (Å²) in [5.74, 6) is 1.33. The molecule has 25 heavy (non-hydrogen) atoms. The second kappa shape index (κ2) is 5.94. The summed E-state index contributed by atoms with van der Waals surface area (Å²) in [7, 11) is 0. The predicted molar refractivity (Wildman–Crippen MR) is 90.2 cm³/mol. The van der Waals surface area contributed by atoms with E-state index in [-0.39, 0.29) is 11.8 Å². The molecule has 0 aliphatic carbocycles. The lowest BCUT2D eigenvalue weighted by Gasteiger charge is -2.17. The van der Waals surface area contributed by atoms with E-state index in [1.807, 2.05) is 29.5 Å². The van der Waals surface area contributed by atoms with E-state index in [0.29, 0.717) is 30.4 Å². The number of carbonyl (C=O) groups is 1. The minimum absolute atomic E-state index is 0.00474. The van der Waals surface area contributed by atoms with Crippen molar-refractivity contribution in [3.63, 3.8) is 0 Å². The Kier molecular flexibility index (Phi) is 3.74. The Labute approximate surface area is 144 Å². The topological polar surface area (TPSA) is 89.9 Å². The minimum Gasteiger partial charge on any atom is -0.339 e. The van der Waals surface area contributed by atoms with Crippen LogP contribution in [0.1, 0.15) is 47.0 Å². The van der Waals surface area contributed by atoms with Gasteiger partial charge in [0.05, 0.1) is 23.4 Å². The molecule has 4 heterocycles. The molecular formula is C17H20N6O2. The van der Waals surface area contributed by atoms with Gasteiger partial charge in [-0.3, -0.25) is 4.79 Å². The number of pyridine rings is 1. The summed E-state index contributed by atoms with van der Waals surface area (Å²) >= 11 is 0. The van der Waals surface area contributed by atoms with Gasteiger partial charge in [-0.05, 0) is 33.3 Å². The molecule has 1 aliphatic heterocycles. The van der Waals surface area contributed by atoms with Crippen LogP contribution >= 0.6 is 0 Å². The van der Waals surface area contributed by atoms with E-state index in [1.54, 1.807) is 13.1 Å². The van der Waals surface area contributed by atoms with E-state index in [1.165, 1.54) is 0 Å². The quantitative estimate of drug-likeness (QED) is 0.725.